The first-order chi connectivity index (χ1) is 8.33. The number of nitrogens with one attached hydrogen (secondary N) is 1. The Hall–Kier alpha value is -1.32. The number of nitrogens with two attached hydrogens (primary N) is 1. The van der Waals surface area contributed by atoms with Crippen LogP contribution < -0.4 is 11.1 Å². The molecule has 3 heteroatoms. The van der Waals surface area contributed by atoms with Gasteiger partial charge in [0.2, 0.25) is 0 Å². The molecule has 0 saturated carbocycles. The van der Waals surface area contributed by atoms with Crippen molar-refractivity contribution < 1.29 is 4.74 Å². The van der Waals surface area contributed by atoms with E-state index in [1.54, 1.807) is 0 Å². The summed E-state index contributed by atoms with van der Waals surface area (Å²) in [6.07, 6.45) is 3.46. The van der Waals surface area contributed by atoms with Gasteiger partial charge in [-0.05, 0) is 30.5 Å². The lowest BCUT2D eigenvalue weighted by molar-refractivity contribution is 0.242. The van der Waals surface area contributed by atoms with E-state index in [9.17, 15) is 0 Å². The Balaban J connectivity index is 1.85. The highest BCUT2D eigenvalue weighted by atomic mass is 16.5. The lowest BCUT2D eigenvalue weighted by Crippen LogP contribution is -2.22. The highest BCUT2D eigenvalue weighted by Gasteiger charge is 2.27. The summed E-state index contributed by atoms with van der Waals surface area (Å²) in [6, 6.07) is 8.99. The van der Waals surface area contributed by atoms with Crippen LogP contribution in [-0.4, -0.2) is 13.2 Å². The molecule has 0 aliphatic heterocycles. The Bertz CT molecular complexity index is 378. The molecule has 0 fully saturated rings. The molecule has 1 aromatic carbocycles. The molecule has 1 aliphatic carbocycles. The Morgan fingerprint density at radius 1 is 1.41 bits per heavy atom. The maximum absolute atomic E-state index is 6.11. The molecule has 3 nitrogen and oxygen atoms in total. The Morgan fingerprint density at radius 2 is 2.18 bits per heavy atom. The summed E-state index contributed by atoms with van der Waals surface area (Å²) in [6.45, 7) is 5.18. The van der Waals surface area contributed by atoms with E-state index < -0.39 is 0 Å². The van der Waals surface area contributed by atoms with Gasteiger partial charge >= 0.3 is 0 Å². The first-order valence-corrected chi connectivity index (χ1v) is 6.13. The number of fused-ring (bicyclic) bond motifs is 1. The minimum Gasteiger partial charge on any atom is -0.502 e. The molecule has 0 radical (unpaired) electrons. The van der Waals surface area contributed by atoms with E-state index in [4.69, 9.17) is 10.5 Å². The van der Waals surface area contributed by atoms with E-state index >= 15 is 0 Å². The second-order valence-electron chi connectivity index (χ2n) is 4.37. The van der Waals surface area contributed by atoms with Crippen molar-refractivity contribution in [2.24, 2.45) is 5.73 Å². The van der Waals surface area contributed by atoms with Crippen molar-refractivity contribution in [2.75, 3.05) is 13.2 Å². The van der Waals surface area contributed by atoms with Crippen LogP contribution in [0.3, 0.4) is 0 Å². The highest BCUT2D eigenvalue weighted by Crippen LogP contribution is 2.36. The molecule has 17 heavy (non-hydrogen) atoms. The number of ether oxygens (including phenoxy) is 1. The van der Waals surface area contributed by atoms with Crippen LogP contribution in [0.1, 0.15) is 36.1 Å². The summed E-state index contributed by atoms with van der Waals surface area (Å²) in [5, 5.41) is 3.53. The van der Waals surface area contributed by atoms with Crippen molar-refractivity contribution in [3.63, 3.8) is 0 Å². The van der Waals surface area contributed by atoms with Crippen molar-refractivity contribution in [3.8, 4) is 0 Å². The quantitative estimate of drug-likeness (QED) is 0.584. The van der Waals surface area contributed by atoms with Crippen molar-refractivity contribution in [2.45, 2.75) is 24.9 Å². The van der Waals surface area contributed by atoms with Crippen molar-refractivity contribution in [1.29, 1.82) is 0 Å². The van der Waals surface area contributed by atoms with Crippen molar-refractivity contribution in [1.82, 2.24) is 5.32 Å². The fraction of sp³-hybridized carbons (Fsp3) is 0.429. The van der Waals surface area contributed by atoms with Crippen LogP contribution in [0, 0.1) is 0 Å². The third kappa shape index (κ3) is 2.87. The minimum absolute atomic E-state index is 0.174. The van der Waals surface area contributed by atoms with Crippen LogP contribution in [0.25, 0.3) is 0 Å². The number of rotatable bonds is 6. The predicted molar refractivity (Wildman–Crippen MR) is 69.5 cm³/mol. The summed E-state index contributed by atoms with van der Waals surface area (Å²) in [7, 11) is 0. The van der Waals surface area contributed by atoms with Crippen molar-refractivity contribution >= 4 is 0 Å². The van der Waals surface area contributed by atoms with E-state index in [0.29, 0.717) is 6.04 Å². The van der Waals surface area contributed by atoms with Gasteiger partial charge in [0.15, 0.2) is 0 Å². The SMILES string of the molecule is C=COCCCNC1CC(N)c2ccccc21. The lowest BCUT2D eigenvalue weighted by Gasteiger charge is -2.13. The molecule has 0 aromatic heterocycles. The van der Waals surface area contributed by atoms with Gasteiger partial charge in [0.25, 0.3) is 0 Å². The third-order valence-electron chi connectivity index (χ3n) is 3.21. The second kappa shape index (κ2) is 5.84. The van der Waals surface area contributed by atoms with Gasteiger partial charge in [-0.25, -0.2) is 0 Å². The van der Waals surface area contributed by atoms with Gasteiger partial charge in [-0.3, -0.25) is 0 Å². The van der Waals surface area contributed by atoms with Gasteiger partial charge in [-0.15, -0.1) is 0 Å². The Labute approximate surface area is 103 Å². The molecule has 1 aliphatic rings. The van der Waals surface area contributed by atoms with Gasteiger partial charge in [0.1, 0.15) is 0 Å². The molecule has 2 rings (SSSR count). The van der Waals surface area contributed by atoms with E-state index in [2.05, 4.69) is 36.2 Å². The predicted octanol–water partition coefficient (Wildman–Crippen LogP) is 2.27. The molecule has 0 amide bonds. The van der Waals surface area contributed by atoms with E-state index in [1.165, 1.54) is 17.4 Å². The number of hydrogen-bond donors (Lipinski definition) is 2. The molecular weight excluding hydrogens is 212 g/mol. The molecule has 0 spiro atoms. The van der Waals surface area contributed by atoms with Crippen LogP contribution in [0.5, 0.6) is 0 Å². The normalized spacial score (nSPS) is 22.2. The summed E-state index contributed by atoms with van der Waals surface area (Å²) < 4.78 is 5.09. The smallest absolute Gasteiger partial charge is 0.0885 e. The first kappa shape index (κ1) is 12.1. The van der Waals surface area contributed by atoms with Gasteiger partial charge in [-0.1, -0.05) is 30.8 Å². The lowest BCUT2D eigenvalue weighted by atomic mass is 10.1. The maximum Gasteiger partial charge on any atom is 0.0885 e. The minimum atomic E-state index is 0.174. The molecule has 2 unspecified atom stereocenters. The van der Waals surface area contributed by atoms with Crippen LogP contribution in [0.2, 0.25) is 0 Å². The summed E-state index contributed by atoms with van der Waals surface area (Å²) >= 11 is 0. The Kier molecular flexibility index (Phi) is 4.18. The molecule has 2 atom stereocenters. The highest BCUT2D eigenvalue weighted by molar-refractivity contribution is 5.37. The van der Waals surface area contributed by atoms with Crippen molar-refractivity contribution in [3.05, 3.63) is 48.2 Å². The molecule has 3 N–H and O–H groups in total. The van der Waals surface area contributed by atoms with E-state index in [0.717, 1.165) is 26.0 Å². The molecule has 92 valence electrons. The first-order valence-electron chi connectivity index (χ1n) is 6.13. The zero-order valence-corrected chi connectivity index (χ0v) is 10.1. The summed E-state index contributed by atoms with van der Waals surface area (Å²) in [5.41, 5.74) is 8.75. The average Bonchev–Trinajstić information content (AvgIpc) is 2.67. The molecule has 0 heterocycles. The third-order valence-corrected chi connectivity index (χ3v) is 3.21. The van der Waals surface area contributed by atoms with Crippen LogP contribution in [0.15, 0.2) is 37.1 Å². The van der Waals surface area contributed by atoms with Crippen LogP contribution in [-0.2, 0) is 4.74 Å². The second-order valence-corrected chi connectivity index (χ2v) is 4.37. The number of benzene rings is 1. The Morgan fingerprint density at radius 3 is 2.94 bits per heavy atom. The fourth-order valence-electron chi connectivity index (χ4n) is 2.38. The van der Waals surface area contributed by atoms with Gasteiger partial charge in [0.05, 0.1) is 12.9 Å². The molecule has 0 bridgehead atoms. The number of hydrogen-bond acceptors (Lipinski definition) is 3. The molecule has 0 saturated heterocycles. The van der Waals surface area contributed by atoms with Gasteiger partial charge in [-0.2, -0.15) is 0 Å². The fourth-order valence-corrected chi connectivity index (χ4v) is 2.38. The summed E-state index contributed by atoms with van der Waals surface area (Å²) in [4.78, 5) is 0. The van der Waals surface area contributed by atoms with Crippen LogP contribution in [0.4, 0.5) is 0 Å². The van der Waals surface area contributed by atoms with Crippen LogP contribution >= 0.6 is 0 Å². The largest absolute Gasteiger partial charge is 0.502 e. The van der Waals surface area contributed by atoms with E-state index in [-0.39, 0.29) is 6.04 Å². The summed E-state index contributed by atoms with van der Waals surface area (Å²) in [5.74, 6) is 0. The standard InChI is InChI=1S/C14H20N2O/c1-2-17-9-5-8-16-14-10-13(15)11-6-3-4-7-12(11)14/h2-4,6-7,13-14,16H,1,5,8-10,15H2. The topological polar surface area (TPSA) is 47.3 Å². The van der Waals surface area contributed by atoms with Gasteiger partial charge in [0, 0.05) is 12.1 Å². The average molecular weight is 232 g/mol. The van der Waals surface area contributed by atoms with E-state index in [1.807, 2.05) is 0 Å². The van der Waals surface area contributed by atoms with Gasteiger partial charge < -0.3 is 15.8 Å². The zero-order chi connectivity index (χ0) is 12.1. The maximum atomic E-state index is 6.11. The molecule has 1 aromatic rings. The molecular formula is C14H20N2O. The monoisotopic (exact) mass is 232 g/mol. The zero-order valence-electron chi connectivity index (χ0n) is 10.1.